The molecular weight excluding hydrogens is 247 g/mol. The van der Waals surface area contributed by atoms with Gasteiger partial charge in [-0.1, -0.05) is 27.5 Å². The van der Waals surface area contributed by atoms with Crippen LogP contribution in [0.25, 0.3) is 0 Å². The van der Waals surface area contributed by atoms with Gasteiger partial charge in [-0.15, -0.1) is 11.6 Å². The monoisotopic (exact) mass is 252 g/mol. The number of halogens is 3. The quantitative estimate of drug-likeness (QED) is 0.660. The second-order valence-corrected chi connectivity index (χ2v) is 3.87. The van der Waals surface area contributed by atoms with E-state index in [0.717, 1.165) is 20.6 Å². The molecule has 0 nitrogen and oxygen atoms in total. The third kappa shape index (κ3) is 2.11. The van der Waals surface area contributed by atoms with Crippen LogP contribution in [0.4, 0.5) is 0 Å². The first-order valence-corrected chi connectivity index (χ1v) is 4.86. The van der Waals surface area contributed by atoms with E-state index in [1.165, 1.54) is 0 Å². The highest BCUT2D eigenvalue weighted by molar-refractivity contribution is 9.10. The Morgan fingerprint density at radius 3 is 2.55 bits per heavy atom. The van der Waals surface area contributed by atoms with E-state index in [2.05, 4.69) is 15.9 Å². The zero-order valence-electron chi connectivity index (χ0n) is 6.00. The average Bonchev–Trinajstić information content (AvgIpc) is 1.85. The Labute approximate surface area is 84.6 Å². The highest BCUT2D eigenvalue weighted by Crippen LogP contribution is 2.27. The summed E-state index contributed by atoms with van der Waals surface area (Å²) >= 11 is 15.0. The molecule has 0 aliphatic heterocycles. The molecule has 0 atom stereocenters. The Balaban J connectivity index is 3.25. The molecule has 0 aromatic heterocycles. The lowest BCUT2D eigenvalue weighted by Gasteiger charge is -2.03. The average molecular weight is 254 g/mol. The second-order valence-electron chi connectivity index (χ2n) is 2.34. The molecule has 0 fully saturated rings. The van der Waals surface area contributed by atoms with Gasteiger partial charge in [0.05, 0.1) is 0 Å². The van der Waals surface area contributed by atoms with Gasteiger partial charge in [0.25, 0.3) is 0 Å². The van der Waals surface area contributed by atoms with Crippen molar-refractivity contribution in [2.45, 2.75) is 12.8 Å². The van der Waals surface area contributed by atoms with E-state index in [0.29, 0.717) is 5.88 Å². The van der Waals surface area contributed by atoms with Gasteiger partial charge in [-0.2, -0.15) is 0 Å². The Hall–Kier alpha value is 0.280. The van der Waals surface area contributed by atoms with Crippen LogP contribution in [0.5, 0.6) is 0 Å². The van der Waals surface area contributed by atoms with Crippen molar-refractivity contribution < 1.29 is 0 Å². The van der Waals surface area contributed by atoms with E-state index in [-0.39, 0.29) is 0 Å². The van der Waals surface area contributed by atoms with Crippen LogP contribution >= 0.6 is 39.1 Å². The van der Waals surface area contributed by atoms with Crippen LogP contribution in [0.1, 0.15) is 11.1 Å². The lowest BCUT2D eigenvalue weighted by atomic mass is 10.2. The summed E-state index contributed by atoms with van der Waals surface area (Å²) in [6.45, 7) is 1.99. The number of benzene rings is 1. The van der Waals surface area contributed by atoms with Crippen molar-refractivity contribution in [1.82, 2.24) is 0 Å². The van der Waals surface area contributed by atoms with E-state index in [9.17, 15) is 0 Å². The predicted molar refractivity (Wildman–Crippen MR) is 53.4 cm³/mol. The lowest BCUT2D eigenvalue weighted by Crippen LogP contribution is -1.84. The molecule has 1 aromatic carbocycles. The molecule has 0 aliphatic rings. The van der Waals surface area contributed by atoms with Gasteiger partial charge in [0, 0.05) is 15.4 Å². The first-order valence-electron chi connectivity index (χ1n) is 3.15. The van der Waals surface area contributed by atoms with Crippen molar-refractivity contribution in [2.75, 3.05) is 0 Å². The van der Waals surface area contributed by atoms with Crippen molar-refractivity contribution in [2.24, 2.45) is 0 Å². The Morgan fingerprint density at radius 1 is 1.45 bits per heavy atom. The molecule has 0 spiro atoms. The first-order chi connectivity index (χ1) is 5.15. The summed E-state index contributed by atoms with van der Waals surface area (Å²) in [6.07, 6.45) is 0. The minimum atomic E-state index is 0.444. The van der Waals surface area contributed by atoms with Crippen LogP contribution < -0.4 is 0 Å². The van der Waals surface area contributed by atoms with Crippen molar-refractivity contribution in [1.29, 1.82) is 0 Å². The standard InChI is InChI=1S/C8H7BrCl2/c1-5-2-7(9)6(4-10)8(11)3-5/h2-3H,4H2,1H3. The number of rotatable bonds is 1. The maximum atomic E-state index is 5.92. The fourth-order valence-electron chi connectivity index (χ4n) is 0.857. The minimum absolute atomic E-state index is 0.444. The summed E-state index contributed by atoms with van der Waals surface area (Å²) in [5.41, 5.74) is 2.09. The number of hydrogen-bond acceptors (Lipinski definition) is 0. The molecule has 0 amide bonds. The molecule has 0 unspecified atom stereocenters. The lowest BCUT2D eigenvalue weighted by molar-refractivity contribution is 1.33. The summed E-state index contributed by atoms with van der Waals surface area (Å²) in [5, 5.41) is 0.729. The summed E-state index contributed by atoms with van der Waals surface area (Å²) in [5.74, 6) is 0.444. The van der Waals surface area contributed by atoms with Crippen molar-refractivity contribution in [3.05, 3.63) is 32.8 Å². The molecule has 0 N–H and O–H groups in total. The fourth-order valence-corrected chi connectivity index (χ4v) is 2.54. The third-order valence-corrected chi connectivity index (χ3v) is 2.73. The van der Waals surface area contributed by atoms with Crippen molar-refractivity contribution in [3.8, 4) is 0 Å². The molecule has 11 heavy (non-hydrogen) atoms. The highest BCUT2D eigenvalue weighted by Gasteiger charge is 2.03. The molecule has 60 valence electrons. The molecule has 1 aromatic rings. The normalized spacial score (nSPS) is 10.2. The maximum Gasteiger partial charge on any atom is 0.0500 e. The van der Waals surface area contributed by atoms with Crippen LogP contribution in [-0.2, 0) is 5.88 Å². The fraction of sp³-hybridized carbons (Fsp3) is 0.250. The zero-order valence-corrected chi connectivity index (χ0v) is 9.09. The van der Waals surface area contributed by atoms with Gasteiger partial charge < -0.3 is 0 Å². The van der Waals surface area contributed by atoms with Crippen LogP contribution in [0.15, 0.2) is 16.6 Å². The van der Waals surface area contributed by atoms with Crippen LogP contribution in [0.2, 0.25) is 5.02 Å². The van der Waals surface area contributed by atoms with Gasteiger partial charge in [0.1, 0.15) is 0 Å². The van der Waals surface area contributed by atoms with E-state index in [4.69, 9.17) is 23.2 Å². The molecule has 3 heteroatoms. The molecule has 0 aliphatic carbocycles. The smallest absolute Gasteiger partial charge is 0.0500 e. The van der Waals surface area contributed by atoms with Crippen LogP contribution in [0, 0.1) is 6.92 Å². The van der Waals surface area contributed by atoms with Gasteiger partial charge in [0.15, 0.2) is 0 Å². The highest BCUT2D eigenvalue weighted by atomic mass is 79.9. The van der Waals surface area contributed by atoms with Gasteiger partial charge in [-0.05, 0) is 30.2 Å². The van der Waals surface area contributed by atoms with Crippen LogP contribution in [-0.4, -0.2) is 0 Å². The molecule has 0 radical (unpaired) electrons. The molecule has 0 heterocycles. The first kappa shape index (κ1) is 9.37. The summed E-state index contributed by atoms with van der Waals surface area (Å²) in [4.78, 5) is 0. The Bertz CT molecular complexity index is 248. The maximum absolute atomic E-state index is 5.92. The Morgan fingerprint density at radius 2 is 2.09 bits per heavy atom. The molecule has 0 saturated carbocycles. The molecule has 1 rings (SSSR count). The van der Waals surface area contributed by atoms with Gasteiger partial charge in [0.2, 0.25) is 0 Å². The minimum Gasteiger partial charge on any atom is -0.121 e. The molecule has 0 saturated heterocycles. The number of alkyl halides is 1. The predicted octanol–water partition coefficient (Wildman–Crippen LogP) is 4.15. The zero-order chi connectivity index (χ0) is 8.43. The van der Waals surface area contributed by atoms with Gasteiger partial charge in [-0.3, -0.25) is 0 Å². The van der Waals surface area contributed by atoms with Gasteiger partial charge >= 0.3 is 0 Å². The Kier molecular flexibility index (Phi) is 3.23. The SMILES string of the molecule is Cc1cc(Cl)c(CCl)c(Br)c1. The number of hydrogen-bond donors (Lipinski definition) is 0. The second kappa shape index (κ2) is 3.79. The van der Waals surface area contributed by atoms with E-state index >= 15 is 0 Å². The van der Waals surface area contributed by atoms with Crippen molar-refractivity contribution in [3.63, 3.8) is 0 Å². The van der Waals surface area contributed by atoms with E-state index in [1.807, 2.05) is 19.1 Å². The van der Waals surface area contributed by atoms with E-state index < -0.39 is 0 Å². The molecular formula is C8H7BrCl2. The largest absolute Gasteiger partial charge is 0.121 e. The third-order valence-electron chi connectivity index (χ3n) is 1.42. The summed E-state index contributed by atoms with van der Waals surface area (Å²) < 4.78 is 0.984. The van der Waals surface area contributed by atoms with Crippen molar-refractivity contribution >= 4 is 39.1 Å². The van der Waals surface area contributed by atoms with Gasteiger partial charge in [-0.25, -0.2) is 0 Å². The van der Waals surface area contributed by atoms with E-state index in [1.54, 1.807) is 0 Å². The molecule has 0 bridgehead atoms. The van der Waals surface area contributed by atoms with Crippen LogP contribution in [0.3, 0.4) is 0 Å². The number of aryl methyl sites for hydroxylation is 1. The summed E-state index contributed by atoms with van der Waals surface area (Å²) in [6, 6.07) is 3.91. The summed E-state index contributed by atoms with van der Waals surface area (Å²) in [7, 11) is 0. The topological polar surface area (TPSA) is 0 Å².